The smallest absolute Gasteiger partial charge is 0.164 e. The van der Waals surface area contributed by atoms with Crippen molar-refractivity contribution in [3.8, 4) is 17.2 Å². The number of aryl methyl sites for hydroxylation is 1. The Hall–Kier alpha value is -2.88. The average molecular weight is 446 g/mol. The summed E-state index contributed by atoms with van der Waals surface area (Å²) in [6.07, 6.45) is 9.66. The summed E-state index contributed by atoms with van der Waals surface area (Å²) in [4.78, 5) is 3.66. The van der Waals surface area contributed by atoms with Crippen molar-refractivity contribution in [1.29, 1.82) is 0 Å². The molecule has 174 valence electrons. The van der Waals surface area contributed by atoms with Gasteiger partial charge in [-0.3, -0.25) is 0 Å². The number of methoxy groups -OCH3 is 1. The zero-order chi connectivity index (χ0) is 23.5. The Labute approximate surface area is 196 Å². The van der Waals surface area contributed by atoms with Crippen molar-refractivity contribution >= 4 is 27.9 Å². The number of benzene rings is 2. The number of aromatic nitrogens is 1. The van der Waals surface area contributed by atoms with Crippen molar-refractivity contribution < 1.29 is 14.2 Å². The second kappa shape index (κ2) is 7.58. The minimum atomic E-state index is -0.306. The molecule has 1 aliphatic heterocycles. The first-order valence-corrected chi connectivity index (χ1v) is 12.0. The number of hydrogen-bond donors (Lipinski definition) is 1. The van der Waals surface area contributed by atoms with Crippen molar-refractivity contribution in [2.24, 2.45) is 5.92 Å². The van der Waals surface area contributed by atoms with Gasteiger partial charge in [-0.25, -0.2) is 0 Å². The van der Waals surface area contributed by atoms with E-state index in [1.54, 1.807) is 7.11 Å². The zero-order valence-corrected chi connectivity index (χ0v) is 20.9. The molecule has 1 aliphatic carbocycles. The number of H-pyrrole nitrogens is 1. The Morgan fingerprint density at radius 2 is 1.85 bits per heavy atom. The van der Waals surface area contributed by atoms with Crippen LogP contribution in [0.15, 0.2) is 35.9 Å². The van der Waals surface area contributed by atoms with Crippen molar-refractivity contribution in [3.63, 3.8) is 0 Å². The number of aromatic amines is 1. The molecule has 4 nitrogen and oxygen atoms in total. The standard InChI is InChI=1S/C29H35NO3/c1-17(2)29(12-8-18(3)9-13-29)32-25-16-23-21(15-24(25)31-7)22-14-19(4)27-20(26(22)30-23)10-11-28(5,6)33-27/h8,10-11,14-17,30H,9,12-13H2,1-7H3/t29-/m0/s1. The Morgan fingerprint density at radius 3 is 2.52 bits per heavy atom. The van der Waals surface area contributed by atoms with Gasteiger partial charge in [-0.1, -0.05) is 25.5 Å². The van der Waals surface area contributed by atoms with Gasteiger partial charge in [0.1, 0.15) is 17.0 Å². The quantitative estimate of drug-likeness (QED) is 0.418. The van der Waals surface area contributed by atoms with Gasteiger partial charge >= 0.3 is 0 Å². The number of fused-ring (bicyclic) bond motifs is 5. The largest absolute Gasteiger partial charge is 0.493 e. The molecule has 1 N–H and O–H groups in total. The molecule has 0 unspecified atom stereocenters. The summed E-state index contributed by atoms with van der Waals surface area (Å²) in [5, 5.41) is 2.31. The van der Waals surface area contributed by atoms with Gasteiger partial charge in [0.2, 0.25) is 0 Å². The SMILES string of the molecule is COc1cc2c(cc1O[C@@]1(C(C)C)CC=C(C)CC1)[nH]c1c3c(c(C)cc12)OC(C)(C)C=C3. The summed E-state index contributed by atoms with van der Waals surface area (Å²) >= 11 is 0. The molecule has 3 aromatic rings. The van der Waals surface area contributed by atoms with E-state index in [2.05, 4.69) is 83.0 Å². The van der Waals surface area contributed by atoms with Crippen molar-refractivity contribution in [2.75, 3.05) is 7.11 Å². The Morgan fingerprint density at radius 1 is 1.06 bits per heavy atom. The average Bonchev–Trinajstić information content (AvgIpc) is 3.11. The number of rotatable bonds is 4. The molecular weight excluding hydrogens is 410 g/mol. The van der Waals surface area contributed by atoms with E-state index < -0.39 is 0 Å². The molecule has 2 aliphatic rings. The first-order valence-electron chi connectivity index (χ1n) is 12.0. The molecule has 0 radical (unpaired) electrons. The van der Waals surface area contributed by atoms with Gasteiger partial charge in [-0.15, -0.1) is 0 Å². The summed E-state index contributed by atoms with van der Waals surface area (Å²) in [5.41, 5.74) is 5.31. The first-order chi connectivity index (χ1) is 15.6. The highest BCUT2D eigenvalue weighted by Crippen LogP contribution is 2.45. The Bertz CT molecular complexity index is 1310. The highest BCUT2D eigenvalue weighted by molar-refractivity contribution is 6.11. The minimum absolute atomic E-state index is 0.218. The van der Waals surface area contributed by atoms with Crippen molar-refractivity contribution in [3.05, 3.63) is 47.1 Å². The monoisotopic (exact) mass is 445 g/mol. The van der Waals surface area contributed by atoms with Gasteiger partial charge in [0.15, 0.2) is 11.5 Å². The molecule has 0 bridgehead atoms. The second-order valence-electron chi connectivity index (χ2n) is 10.6. The molecule has 0 saturated carbocycles. The second-order valence-corrected chi connectivity index (χ2v) is 10.6. The van der Waals surface area contributed by atoms with Gasteiger partial charge < -0.3 is 19.2 Å². The molecule has 1 atom stereocenters. The summed E-state index contributed by atoms with van der Waals surface area (Å²) in [6.45, 7) is 13.0. The van der Waals surface area contributed by atoms with Gasteiger partial charge in [-0.05, 0) is 76.3 Å². The van der Waals surface area contributed by atoms with Gasteiger partial charge in [0.25, 0.3) is 0 Å². The van der Waals surface area contributed by atoms with Crippen LogP contribution in [0.5, 0.6) is 17.2 Å². The highest BCUT2D eigenvalue weighted by Gasteiger charge is 2.38. The van der Waals surface area contributed by atoms with Gasteiger partial charge in [0.05, 0.1) is 18.1 Å². The Balaban J connectivity index is 1.66. The van der Waals surface area contributed by atoms with E-state index in [4.69, 9.17) is 14.2 Å². The molecule has 1 aromatic heterocycles. The first kappa shape index (κ1) is 21.9. The molecule has 0 saturated heterocycles. The van der Waals surface area contributed by atoms with Crippen LogP contribution in [-0.4, -0.2) is 23.3 Å². The predicted octanol–water partition coefficient (Wildman–Crippen LogP) is 7.73. The number of ether oxygens (including phenoxy) is 3. The third kappa shape index (κ3) is 3.60. The van der Waals surface area contributed by atoms with Crippen LogP contribution < -0.4 is 14.2 Å². The molecule has 0 fully saturated rings. The number of hydrogen-bond acceptors (Lipinski definition) is 3. The molecule has 5 rings (SSSR count). The van der Waals surface area contributed by atoms with E-state index in [1.165, 1.54) is 11.0 Å². The van der Waals surface area contributed by atoms with Crippen molar-refractivity contribution in [2.45, 2.75) is 72.0 Å². The maximum absolute atomic E-state index is 6.81. The maximum atomic E-state index is 6.81. The lowest BCUT2D eigenvalue weighted by Gasteiger charge is -2.40. The van der Waals surface area contributed by atoms with E-state index in [9.17, 15) is 0 Å². The minimum Gasteiger partial charge on any atom is -0.493 e. The van der Waals surface area contributed by atoms with Crippen LogP contribution in [0.2, 0.25) is 0 Å². The van der Waals surface area contributed by atoms with Crippen LogP contribution in [0.1, 0.15) is 65.0 Å². The fourth-order valence-corrected chi connectivity index (χ4v) is 5.22. The molecule has 2 heterocycles. The highest BCUT2D eigenvalue weighted by atomic mass is 16.5. The van der Waals surface area contributed by atoms with Crippen LogP contribution in [0, 0.1) is 12.8 Å². The van der Waals surface area contributed by atoms with E-state index in [0.717, 1.165) is 64.1 Å². The van der Waals surface area contributed by atoms with E-state index >= 15 is 0 Å². The van der Waals surface area contributed by atoms with Crippen LogP contribution >= 0.6 is 0 Å². The topological polar surface area (TPSA) is 43.5 Å². The van der Waals surface area contributed by atoms with Crippen LogP contribution in [-0.2, 0) is 0 Å². The lowest BCUT2D eigenvalue weighted by molar-refractivity contribution is 0.0101. The van der Waals surface area contributed by atoms with Crippen molar-refractivity contribution in [1.82, 2.24) is 4.98 Å². The van der Waals surface area contributed by atoms with Crippen LogP contribution in [0.4, 0.5) is 0 Å². The van der Waals surface area contributed by atoms with Crippen LogP contribution in [0.25, 0.3) is 27.9 Å². The lowest BCUT2D eigenvalue weighted by Crippen LogP contribution is -2.42. The summed E-state index contributed by atoms with van der Waals surface area (Å²) in [6, 6.07) is 6.44. The normalized spacial score (nSPS) is 21.8. The number of nitrogens with one attached hydrogen (secondary N) is 1. The summed E-state index contributed by atoms with van der Waals surface area (Å²) in [7, 11) is 1.72. The fourth-order valence-electron chi connectivity index (χ4n) is 5.22. The Kier molecular flexibility index (Phi) is 5.04. The fraction of sp³-hybridized carbons (Fsp3) is 0.448. The van der Waals surface area contributed by atoms with E-state index in [-0.39, 0.29) is 11.2 Å². The third-order valence-electron chi connectivity index (χ3n) is 7.48. The molecule has 33 heavy (non-hydrogen) atoms. The van der Waals surface area contributed by atoms with E-state index in [1.807, 2.05) is 0 Å². The summed E-state index contributed by atoms with van der Waals surface area (Å²) in [5.74, 6) is 2.92. The molecule has 0 spiro atoms. The molecule has 0 amide bonds. The zero-order valence-electron chi connectivity index (χ0n) is 20.9. The lowest BCUT2D eigenvalue weighted by atomic mass is 9.78. The predicted molar refractivity (Wildman–Crippen MR) is 137 cm³/mol. The molecule has 4 heteroatoms. The van der Waals surface area contributed by atoms with Crippen LogP contribution in [0.3, 0.4) is 0 Å². The maximum Gasteiger partial charge on any atom is 0.164 e. The number of allylic oxidation sites excluding steroid dienone is 1. The summed E-state index contributed by atoms with van der Waals surface area (Å²) < 4.78 is 19.0. The van der Waals surface area contributed by atoms with Gasteiger partial charge in [0, 0.05) is 28.8 Å². The van der Waals surface area contributed by atoms with Gasteiger partial charge in [-0.2, -0.15) is 0 Å². The molecular formula is C29H35NO3. The van der Waals surface area contributed by atoms with E-state index in [0.29, 0.717) is 5.92 Å². The third-order valence-corrected chi connectivity index (χ3v) is 7.48. The molecule has 2 aromatic carbocycles.